The topological polar surface area (TPSA) is 104 Å². The molecule has 0 spiro atoms. The van der Waals surface area contributed by atoms with Crippen LogP contribution < -0.4 is 5.32 Å². The van der Waals surface area contributed by atoms with Crippen LogP contribution in [0.3, 0.4) is 0 Å². The highest BCUT2D eigenvalue weighted by atomic mass is 32.2. The van der Waals surface area contributed by atoms with Gasteiger partial charge in [0.1, 0.15) is 5.75 Å². The molecule has 0 unspecified atom stereocenters. The lowest BCUT2D eigenvalue weighted by atomic mass is 10.2. The van der Waals surface area contributed by atoms with Crippen molar-refractivity contribution in [3.8, 4) is 23.2 Å². The summed E-state index contributed by atoms with van der Waals surface area (Å²) in [6.45, 7) is 2.56. The van der Waals surface area contributed by atoms with Gasteiger partial charge in [-0.2, -0.15) is 5.26 Å². The van der Waals surface area contributed by atoms with Gasteiger partial charge in [-0.05, 0) is 43.3 Å². The number of carbonyl (C=O) groups is 1. The summed E-state index contributed by atoms with van der Waals surface area (Å²) in [7, 11) is 0. The van der Waals surface area contributed by atoms with Crippen LogP contribution in [-0.4, -0.2) is 31.5 Å². The average Bonchev–Trinajstić information content (AvgIpc) is 3.10. The normalized spacial score (nSPS) is 10.4. The van der Waals surface area contributed by atoms with E-state index >= 15 is 0 Å². The summed E-state index contributed by atoms with van der Waals surface area (Å²) in [6.07, 6.45) is 0. The number of thioether (sulfide) groups is 1. The maximum Gasteiger partial charge on any atom is 0.234 e. The Morgan fingerprint density at radius 3 is 2.63 bits per heavy atom. The first kappa shape index (κ1) is 18.5. The number of phenolic OH excluding ortho intramolecular Hbond substituents is 1. The van der Waals surface area contributed by atoms with E-state index in [0.717, 1.165) is 0 Å². The van der Waals surface area contributed by atoms with Crippen LogP contribution >= 0.6 is 11.8 Å². The Morgan fingerprint density at radius 1 is 1.22 bits per heavy atom. The number of nitriles is 1. The highest BCUT2D eigenvalue weighted by Crippen LogP contribution is 2.30. The van der Waals surface area contributed by atoms with Gasteiger partial charge in [0.25, 0.3) is 0 Å². The van der Waals surface area contributed by atoms with Crippen molar-refractivity contribution in [1.29, 1.82) is 5.26 Å². The highest BCUT2D eigenvalue weighted by Gasteiger charge is 2.16. The molecule has 0 atom stereocenters. The van der Waals surface area contributed by atoms with Gasteiger partial charge in [0.05, 0.1) is 22.9 Å². The van der Waals surface area contributed by atoms with Gasteiger partial charge >= 0.3 is 0 Å². The van der Waals surface area contributed by atoms with Gasteiger partial charge in [-0.3, -0.25) is 4.79 Å². The lowest BCUT2D eigenvalue weighted by Crippen LogP contribution is -2.14. The van der Waals surface area contributed by atoms with Crippen LogP contribution in [0.5, 0.6) is 5.75 Å². The van der Waals surface area contributed by atoms with E-state index in [4.69, 9.17) is 5.26 Å². The van der Waals surface area contributed by atoms with E-state index in [1.54, 1.807) is 42.5 Å². The minimum atomic E-state index is -0.181. The predicted octanol–water partition coefficient (Wildman–Crippen LogP) is 3.27. The van der Waals surface area contributed by atoms with Crippen molar-refractivity contribution in [1.82, 2.24) is 14.8 Å². The Kier molecular flexibility index (Phi) is 5.74. The summed E-state index contributed by atoms with van der Waals surface area (Å²) < 4.78 is 1.86. The van der Waals surface area contributed by atoms with E-state index in [9.17, 15) is 9.90 Å². The molecule has 136 valence electrons. The molecule has 3 rings (SSSR count). The third-order valence-electron chi connectivity index (χ3n) is 3.81. The molecular formula is C19H17N5O2S. The summed E-state index contributed by atoms with van der Waals surface area (Å²) in [5.74, 6) is 0.679. The molecule has 2 N–H and O–H groups in total. The second-order valence-corrected chi connectivity index (χ2v) is 6.54. The van der Waals surface area contributed by atoms with Gasteiger partial charge in [-0.1, -0.05) is 23.9 Å². The maximum atomic E-state index is 12.2. The molecule has 0 saturated heterocycles. The molecule has 0 bridgehead atoms. The fraction of sp³-hybridized carbons (Fsp3) is 0.158. The van der Waals surface area contributed by atoms with Crippen molar-refractivity contribution in [2.24, 2.45) is 0 Å². The number of hydrogen-bond acceptors (Lipinski definition) is 6. The number of hydrogen-bond donors (Lipinski definition) is 2. The molecule has 2 aromatic carbocycles. The zero-order valence-corrected chi connectivity index (χ0v) is 15.4. The number of nitrogens with zero attached hydrogens (tertiary/aromatic N) is 4. The number of rotatable bonds is 6. The Balaban J connectivity index is 1.68. The Bertz CT molecular complexity index is 992. The quantitative estimate of drug-likeness (QED) is 0.637. The molecule has 0 fully saturated rings. The minimum absolute atomic E-state index is 0.134. The van der Waals surface area contributed by atoms with Gasteiger partial charge in [-0.15, -0.1) is 10.2 Å². The Hall–Kier alpha value is -3.31. The van der Waals surface area contributed by atoms with Crippen molar-refractivity contribution in [3.63, 3.8) is 0 Å². The standard InChI is InChI=1S/C19H17N5O2S/c1-2-24-18(15-5-3-4-6-16(15)25)22-23-19(24)27-12-17(26)21-14-9-7-13(11-20)8-10-14/h3-10,25H,2,12H2,1H3,(H,21,26). The minimum Gasteiger partial charge on any atom is -0.507 e. The van der Waals surface area contributed by atoms with Crippen LogP contribution in [0, 0.1) is 11.3 Å². The molecule has 1 heterocycles. The molecule has 0 aliphatic heterocycles. The Morgan fingerprint density at radius 2 is 1.96 bits per heavy atom. The van der Waals surface area contributed by atoms with Crippen LogP contribution in [0.25, 0.3) is 11.4 Å². The Labute approximate surface area is 160 Å². The number of aromatic nitrogens is 3. The molecule has 0 aliphatic carbocycles. The van der Waals surface area contributed by atoms with Gasteiger partial charge < -0.3 is 15.0 Å². The molecule has 0 saturated carbocycles. The average molecular weight is 379 g/mol. The molecule has 8 heteroatoms. The number of para-hydroxylation sites is 1. The lowest BCUT2D eigenvalue weighted by Gasteiger charge is -2.08. The van der Waals surface area contributed by atoms with Crippen LogP contribution in [0.1, 0.15) is 12.5 Å². The molecule has 1 aromatic heterocycles. The number of carbonyl (C=O) groups excluding carboxylic acids is 1. The smallest absolute Gasteiger partial charge is 0.234 e. The largest absolute Gasteiger partial charge is 0.507 e. The predicted molar refractivity (Wildman–Crippen MR) is 103 cm³/mol. The molecular weight excluding hydrogens is 362 g/mol. The molecule has 3 aromatic rings. The first-order chi connectivity index (χ1) is 13.1. The molecule has 7 nitrogen and oxygen atoms in total. The van der Waals surface area contributed by atoms with E-state index in [2.05, 4.69) is 15.5 Å². The summed E-state index contributed by atoms with van der Waals surface area (Å²) in [5.41, 5.74) is 1.77. The molecule has 27 heavy (non-hydrogen) atoms. The zero-order valence-electron chi connectivity index (χ0n) is 14.6. The van der Waals surface area contributed by atoms with E-state index in [1.807, 2.05) is 23.6 Å². The second-order valence-electron chi connectivity index (χ2n) is 5.59. The van der Waals surface area contributed by atoms with E-state index in [-0.39, 0.29) is 17.4 Å². The van der Waals surface area contributed by atoms with E-state index in [1.165, 1.54) is 11.8 Å². The fourth-order valence-electron chi connectivity index (χ4n) is 2.50. The third kappa shape index (κ3) is 4.27. The van der Waals surface area contributed by atoms with Crippen LogP contribution in [-0.2, 0) is 11.3 Å². The second kappa shape index (κ2) is 8.38. The van der Waals surface area contributed by atoms with Crippen molar-refractivity contribution >= 4 is 23.4 Å². The molecule has 1 amide bonds. The van der Waals surface area contributed by atoms with Gasteiger partial charge in [-0.25, -0.2) is 0 Å². The van der Waals surface area contributed by atoms with Crippen LogP contribution in [0.15, 0.2) is 53.7 Å². The number of phenols is 1. The van der Waals surface area contributed by atoms with Crippen LogP contribution in [0.4, 0.5) is 5.69 Å². The van der Waals surface area contributed by atoms with E-state index < -0.39 is 0 Å². The SMILES string of the molecule is CCn1c(SCC(=O)Nc2ccc(C#N)cc2)nnc1-c1ccccc1O. The highest BCUT2D eigenvalue weighted by molar-refractivity contribution is 7.99. The van der Waals surface area contributed by atoms with Crippen molar-refractivity contribution in [2.75, 3.05) is 11.1 Å². The number of anilines is 1. The number of aromatic hydroxyl groups is 1. The lowest BCUT2D eigenvalue weighted by molar-refractivity contribution is -0.113. The summed E-state index contributed by atoms with van der Waals surface area (Å²) in [6, 6.07) is 15.6. The van der Waals surface area contributed by atoms with E-state index in [0.29, 0.717) is 34.3 Å². The summed E-state index contributed by atoms with van der Waals surface area (Å²) in [5, 5.41) is 30.5. The van der Waals surface area contributed by atoms with Crippen molar-refractivity contribution < 1.29 is 9.90 Å². The number of amides is 1. The van der Waals surface area contributed by atoms with Gasteiger partial charge in [0.2, 0.25) is 5.91 Å². The first-order valence-corrected chi connectivity index (χ1v) is 9.25. The summed E-state index contributed by atoms with van der Waals surface area (Å²) >= 11 is 1.27. The monoisotopic (exact) mass is 379 g/mol. The fourth-order valence-corrected chi connectivity index (χ4v) is 3.30. The molecule has 0 radical (unpaired) electrons. The van der Waals surface area contributed by atoms with Gasteiger partial charge in [0, 0.05) is 12.2 Å². The zero-order chi connectivity index (χ0) is 19.2. The third-order valence-corrected chi connectivity index (χ3v) is 4.77. The first-order valence-electron chi connectivity index (χ1n) is 8.26. The maximum absolute atomic E-state index is 12.2. The molecule has 0 aliphatic rings. The number of benzene rings is 2. The van der Waals surface area contributed by atoms with Crippen molar-refractivity contribution in [3.05, 3.63) is 54.1 Å². The van der Waals surface area contributed by atoms with Gasteiger partial charge in [0.15, 0.2) is 11.0 Å². The van der Waals surface area contributed by atoms with Crippen LogP contribution in [0.2, 0.25) is 0 Å². The van der Waals surface area contributed by atoms with Crippen molar-refractivity contribution in [2.45, 2.75) is 18.6 Å². The number of nitrogens with one attached hydrogen (secondary N) is 1. The summed E-state index contributed by atoms with van der Waals surface area (Å²) in [4.78, 5) is 12.2.